The summed E-state index contributed by atoms with van der Waals surface area (Å²) in [6.07, 6.45) is 1.56. The third kappa shape index (κ3) is 4.90. The molecule has 1 saturated heterocycles. The summed E-state index contributed by atoms with van der Waals surface area (Å²) >= 11 is 7.26. The highest BCUT2D eigenvalue weighted by molar-refractivity contribution is 8.19. The third-order valence-corrected chi connectivity index (χ3v) is 6.01. The van der Waals surface area contributed by atoms with Gasteiger partial charge in [0.2, 0.25) is 0 Å². The number of imide groups is 1. The maximum absolute atomic E-state index is 12.8. The first-order valence-electron chi connectivity index (χ1n) is 9.94. The number of nitro groups is 1. The molecule has 1 aliphatic rings. The Morgan fingerprint density at radius 2 is 1.85 bits per heavy atom. The number of hydrogen-bond acceptors (Lipinski definition) is 7. The Hall–Kier alpha value is -3.82. The van der Waals surface area contributed by atoms with Gasteiger partial charge in [-0.1, -0.05) is 41.9 Å². The number of nitrogens with zero attached hydrogens (tertiary/aromatic N) is 2. The van der Waals surface area contributed by atoms with Gasteiger partial charge in [0.25, 0.3) is 16.8 Å². The van der Waals surface area contributed by atoms with E-state index in [0.29, 0.717) is 22.6 Å². The Morgan fingerprint density at radius 3 is 2.56 bits per heavy atom. The molecule has 0 unspecified atom stereocenters. The average Bonchev–Trinajstić information content (AvgIpc) is 3.11. The monoisotopic (exact) mass is 496 g/mol. The van der Waals surface area contributed by atoms with Gasteiger partial charge in [-0.25, -0.2) is 4.90 Å². The molecule has 10 heteroatoms. The number of ether oxygens (including phenoxy) is 2. The van der Waals surface area contributed by atoms with Gasteiger partial charge < -0.3 is 9.47 Å². The zero-order chi connectivity index (χ0) is 24.2. The molecule has 0 radical (unpaired) electrons. The van der Waals surface area contributed by atoms with Crippen molar-refractivity contribution in [2.75, 3.05) is 12.0 Å². The Balaban J connectivity index is 1.57. The molecule has 0 saturated carbocycles. The highest BCUT2D eigenvalue weighted by Crippen LogP contribution is 2.40. The van der Waals surface area contributed by atoms with Crippen molar-refractivity contribution in [1.29, 1.82) is 0 Å². The molecule has 0 aromatic heterocycles. The lowest BCUT2D eigenvalue weighted by Gasteiger charge is -2.14. The smallest absolute Gasteiger partial charge is 0.298 e. The fourth-order valence-electron chi connectivity index (χ4n) is 3.30. The van der Waals surface area contributed by atoms with Crippen LogP contribution in [0.2, 0.25) is 5.02 Å². The van der Waals surface area contributed by atoms with E-state index in [4.69, 9.17) is 21.1 Å². The van der Waals surface area contributed by atoms with Gasteiger partial charge in [0.05, 0.1) is 27.6 Å². The molecule has 0 N–H and O–H groups in total. The van der Waals surface area contributed by atoms with Crippen LogP contribution in [0.25, 0.3) is 6.08 Å². The molecule has 0 bridgehead atoms. The van der Waals surface area contributed by atoms with E-state index < -0.39 is 16.1 Å². The number of rotatable bonds is 7. The summed E-state index contributed by atoms with van der Waals surface area (Å²) in [5.74, 6) is 0.138. The lowest BCUT2D eigenvalue weighted by molar-refractivity contribution is -0.384. The van der Waals surface area contributed by atoms with Crippen molar-refractivity contribution < 1.29 is 24.0 Å². The molecule has 0 aliphatic carbocycles. The summed E-state index contributed by atoms with van der Waals surface area (Å²) in [5, 5.41) is 10.8. The summed E-state index contributed by atoms with van der Waals surface area (Å²) in [4.78, 5) is 37.1. The first-order valence-corrected chi connectivity index (χ1v) is 11.1. The Bertz CT molecular complexity index is 1310. The molecule has 0 atom stereocenters. The molecule has 4 rings (SSSR count). The first kappa shape index (κ1) is 23.3. The second kappa shape index (κ2) is 9.98. The van der Waals surface area contributed by atoms with Gasteiger partial charge in [-0.05, 0) is 53.2 Å². The van der Waals surface area contributed by atoms with Gasteiger partial charge in [0.15, 0.2) is 11.5 Å². The lowest BCUT2D eigenvalue weighted by Crippen LogP contribution is -2.27. The van der Waals surface area contributed by atoms with E-state index in [1.807, 2.05) is 0 Å². The molecule has 172 valence electrons. The average molecular weight is 497 g/mol. The number of para-hydroxylation sites is 1. The number of amides is 2. The van der Waals surface area contributed by atoms with E-state index in [-0.39, 0.29) is 28.0 Å². The van der Waals surface area contributed by atoms with Crippen LogP contribution < -0.4 is 14.4 Å². The van der Waals surface area contributed by atoms with Crippen LogP contribution in [0.5, 0.6) is 11.5 Å². The third-order valence-electron chi connectivity index (χ3n) is 4.86. The van der Waals surface area contributed by atoms with Gasteiger partial charge in [-0.3, -0.25) is 19.7 Å². The highest BCUT2D eigenvalue weighted by Gasteiger charge is 2.36. The molecule has 34 heavy (non-hydrogen) atoms. The van der Waals surface area contributed by atoms with Crippen molar-refractivity contribution in [3.63, 3.8) is 0 Å². The topological polar surface area (TPSA) is 99.0 Å². The van der Waals surface area contributed by atoms with E-state index in [1.54, 1.807) is 60.7 Å². The highest BCUT2D eigenvalue weighted by atomic mass is 35.5. The quantitative estimate of drug-likeness (QED) is 0.222. The molecule has 1 fully saturated rings. The fourth-order valence-corrected chi connectivity index (χ4v) is 4.41. The number of non-ortho nitro benzene ring substituents is 1. The number of hydrogen-bond donors (Lipinski definition) is 0. The zero-order valence-corrected chi connectivity index (χ0v) is 19.3. The second-order valence-electron chi connectivity index (χ2n) is 7.10. The molecule has 1 aliphatic heterocycles. The normalized spacial score (nSPS) is 14.5. The molecule has 3 aromatic rings. The van der Waals surface area contributed by atoms with E-state index in [1.165, 1.54) is 19.2 Å². The number of methoxy groups -OCH3 is 1. The first-order chi connectivity index (χ1) is 16.4. The molecular formula is C24H17ClN2O6S. The summed E-state index contributed by atoms with van der Waals surface area (Å²) in [6, 6.07) is 18.0. The van der Waals surface area contributed by atoms with E-state index in [0.717, 1.165) is 16.7 Å². The lowest BCUT2D eigenvalue weighted by atomic mass is 10.1. The van der Waals surface area contributed by atoms with E-state index in [2.05, 4.69) is 0 Å². The molecule has 3 aromatic carbocycles. The maximum Gasteiger partial charge on any atom is 0.298 e. The Kier molecular flexibility index (Phi) is 6.85. The maximum atomic E-state index is 12.8. The van der Waals surface area contributed by atoms with Gasteiger partial charge >= 0.3 is 0 Å². The molecular weight excluding hydrogens is 480 g/mol. The number of carbonyl (C=O) groups is 2. The van der Waals surface area contributed by atoms with Crippen LogP contribution in [0.3, 0.4) is 0 Å². The predicted octanol–water partition coefficient (Wildman–Crippen LogP) is 6.08. The van der Waals surface area contributed by atoms with Crippen LogP contribution >= 0.6 is 23.4 Å². The van der Waals surface area contributed by atoms with Gasteiger partial charge in [0, 0.05) is 12.1 Å². The number of benzene rings is 3. The minimum atomic E-state index is -0.481. The van der Waals surface area contributed by atoms with Gasteiger partial charge in [-0.2, -0.15) is 0 Å². The number of thioether (sulfide) groups is 1. The minimum Gasteiger partial charge on any atom is -0.493 e. The largest absolute Gasteiger partial charge is 0.493 e. The van der Waals surface area contributed by atoms with Crippen LogP contribution in [0.1, 0.15) is 11.1 Å². The van der Waals surface area contributed by atoms with Gasteiger partial charge in [-0.15, -0.1) is 0 Å². The summed E-state index contributed by atoms with van der Waals surface area (Å²) in [6.45, 7) is 0.0348. The van der Waals surface area contributed by atoms with Crippen molar-refractivity contribution in [1.82, 2.24) is 0 Å². The van der Waals surface area contributed by atoms with Crippen LogP contribution in [-0.2, 0) is 11.4 Å². The summed E-state index contributed by atoms with van der Waals surface area (Å²) in [7, 11) is 1.44. The molecule has 1 heterocycles. The Morgan fingerprint density at radius 1 is 1.09 bits per heavy atom. The van der Waals surface area contributed by atoms with Crippen molar-refractivity contribution in [3.8, 4) is 11.5 Å². The van der Waals surface area contributed by atoms with Gasteiger partial charge in [0.1, 0.15) is 6.61 Å². The number of nitro benzene ring substituents is 1. The minimum absolute atomic E-state index is 0.0348. The van der Waals surface area contributed by atoms with Crippen LogP contribution in [0.15, 0.2) is 71.6 Å². The second-order valence-corrected chi connectivity index (χ2v) is 8.50. The predicted molar refractivity (Wildman–Crippen MR) is 130 cm³/mol. The van der Waals surface area contributed by atoms with Crippen LogP contribution in [0, 0.1) is 10.1 Å². The van der Waals surface area contributed by atoms with Crippen LogP contribution in [-0.4, -0.2) is 23.2 Å². The fraction of sp³-hybridized carbons (Fsp3) is 0.0833. The standard InChI is InChI=1S/C24H17ClN2O6S/c1-32-20-12-16(13-21-23(28)26(24(29)34-21)17-7-3-2-4-8-17)11-19(25)22(20)33-14-15-6-5-9-18(10-15)27(30)31/h2-13H,14H2,1H3/b21-13-. The zero-order valence-electron chi connectivity index (χ0n) is 17.8. The molecule has 2 amide bonds. The number of carbonyl (C=O) groups excluding carboxylic acids is 2. The number of anilines is 1. The number of halogens is 1. The van der Waals surface area contributed by atoms with E-state index >= 15 is 0 Å². The van der Waals surface area contributed by atoms with Crippen molar-refractivity contribution in [2.45, 2.75) is 6.61 Å². The van der Waals surface area contributed by atoms with Crippen LogP contribution in [0.4, 0.5) is 16.2 Å². The summed E-state index contributed by atoms with van der Waals surface area (Å²) < 4.78 is 11.2. The van der Waals surface area contributed by atoms with Crippen molar-refractivity contribution in [3.05, 3.63) is 97.9 Å². The van der Waals surface area contributed by atoms with Crippen molar-refractivity contribution >= 4 is 52.0 Å². The van der Waals surface area contributed by atoms with Crippen molar-refractivity contribution in [2.24, 2.45) is 0 Å². The molecule has 8 nitrogen and oxygen atoms in total. The SMILES string of the molecule is COc1cc(/C=C2\SC(=O)N(c3ccccc3)C2=O)cc(Cl)c1OCc1cccc([N+](=O)[O-])c1. The molecule has 0 spiro atoms. The van der Waals surface area contributed by atoms with E-state index in [9.17, 15) is 19.7 Å². The summed E-state index contributed by atoms with van der Waals surface area (Å²) in [5.41, 5.74) is 1.59. The Labute approximate surface area is 203 Å².